The first-order valence-electron chi connectivity index (χ1n) is 5.74. The van der Waals surface area contributed by atoms with Crippen LogP contribution in [0.2, 0.25) is 0 Å². The van der Waals surface area contributed by atoms with Crippen LogP contribution in [0.3, 0.4) is 0 Å². The Kier molecular flexibility index (Phi) is 2.96. The lowest BCUT2D eigenvalue weighted by atomic mass is 10.1. The fraction of sp³-hybridized carbons (Fsp3) is 0.133. The van der Waals surface area contributed by atoms with Crippen LogP contribution in [0.4, 0.5) is 0 Å². The van der Waals surface area contributed by atoms with Gasteiger partial charge in [0.2, 0.25) is 0 Å². The number of benzene rings is 2. The maximum absolute atomic E-state index is 11.6. The summed E-state index contributed by atoms with van der Waals surface area (Å²) in [6, 6.07) is 16.4. The van der Waals surface area contributed by atoms with Crippen LogP contribution in [0, 0.1) is 6.92 Å². The van der Waals surface area contributed by atoms with Gasteiger partial charge < -0.3 is 4.79 Å². The minimum Gasteiger partial charge on any atom is -0.300 e. The van der Waals surface area contributed by atoms with E-state index in [1.54, 1.807) is 23.5 Å². The number of rotatable bonds is 2. The summed E-state index contributed by atoms with van der Waals surface area (Å²) in [4.78, 5) is 14.0. The fourth-order valence-electron chi connectivity index (χ4n) is 1.99. The van der Waals surface area contributed by atoms with E-state index in [-0.39, 0.29) is 0 Å². The normalized spacial score (nSPS) is 16.3. The van der Waals surface area contributed by atoms with Crippen molar-refractivity contribution in [1.29, 1.82) is 0 Å². The second-order valence-corrected chi connectivity index (χ2v) is 7.14. The van der Waals surface area contributed by atoms with Crippen LogP contribution < -0.4 is 0 Å². The average molecular weight is 272 g/mol. The molecule has 1 aliphatic rings. The molecule has 1 heterocycles. The van der Waals surface area contributed by atoms with Crippen LogP contribution >= 0.6 is 23.5 Å². The average Bonchev–Trinajstić information content (AvgIpc) is 2.79. The van der Waals surface area contributed by atoms with Crippen LogP contribution in [-0.4, -0.2) is 6.29 Å². The first-order chi connectivity index (χ1) is 8.73. The topological polar surface area (TPSA) is 17.1 Å². The van der Waals surface area contributed by atoms with Gasteiger partial charge in [-0.05, 0) is 24.6 Å². The molecule has 3 heteroatoms. The zero-order valence-electron chi connectivity index (χ0n) is 9.92. The van der Waals surface area contributed by atoms with E-state index in [2.05, 4.69) is 43.3 Å². The Morgan fingerprint density at radius 3 is 2.00 bits per heavy atom. The highest BCUT2D eigenvalue weighted by atomic mass is 32.2. The molecule has 0 aromatic heterocycles. The van der Waals surface area contributed by atoms with E-state index in [1.165, 1.54) is 15.4 Å². The lowest BCUT2D eigenvalue weighted by Gasteiger charge is -2.20. The molecule has 1 aliphatic heterocycles. The Bertz CT molecular complexity index is 565. The van der Waals surface area contributed by atoms with Gasteiger partial charge in [0.1, 0.15) is 0 Å². The SMILES string of the molecule is Cc1ccc(C2(C=O)Sc3ccccc3S2)cc1. The maximum atomic E-state index is 11.6. The molecular weight excluding hydrogens is 260 g/mol. The summed E-state index contributed by atoms with van der Waals surface area (Å²) in [6.45, 7) is 2.06. The Labute approximate surface area is 115 Å². The van der Waals surface area contributed by atoms with E-state index in [9.17, 15) is 4.79 Å². The third-order valence-corrected chi connectivity index (χ3v) is 6.03. The van der Waals surface area contributed by atoms with Gasteiger partial charge in [0, 0.05) is 9.79 Å². The number of hydrogen-bond acceptors (Lipinski definition) is 3. The zero-order chi connectivity index (χ0) is 12.6. The number of aldehydes is 1. The van der Waals surface area contributed by atoms with Gasteiger partial charge in [-0.2, -0.15) is 0 Å². The maximum Gasteiger partial charge on any atom is 0.151 e. The van der Waals surface area contributed by atoms with E-state index in [4.69, 9.17) is 0 Å². The standard InChI is InChI=1S/C15H12OS2/c1-11-6-8-12(9-7-11)15(10-16)17-13-4-2-3-5-14(13)18-15/h2-10H,1H3. The Hall–Kier alpha value is -1.19. The molecule has 0 radical (unpaired) electrons. The number of thioether (sulfide) groups is 2. The van der Waals surface area contributed by atoms with Crippen LogP contribution in [-0.2, 0) is 8.87 Å². The molecule has 0 bridgehead atoms. The van der Waals surface area contributed by atoms with Crippen molar-refractivity contribution in [1.82, 2.24) is 0 Å². The third-order valence-electron chi connectivity index (χ3n) is 2.98. The number of carbonyl (C=O) groups is 1. The largest absolute Gasteiger partial charge is 0.300 e. The van der Waals surface area contributed by atoms with E-state index in [0.717, 1.165) is 11.8 Å². The zero-order valence-corrected chi connectivity index (χ0v) is 11.6. The molecule has 0 fully saturated rings. The van der Waals surface area contributed by atoms with Crippen molar-refractivity contribution >= 4 is 29.8 Å². The van der Waals surface area contributed by atoms with Crippen LogP contribution in [0.15, 0.2) is 58.3 Å². The molecule has 0 atom stereocenters. The Balaban J connectivity index is 2.04. The van der Waals surface area contributed by atoms with Crippen LogP contribution in [0.25, 0.3) is 0 Å². The number of aryl methyl sites for hydroxylation is 1. The first-order valence-corrected chi connectivity index (χ1v) is 7.37. The molecule has 0 N–H and O–H groups in total. The highest BCUT2D eigenvalue weighted by Crippen LogP contribution is 2.59. The van der Waals surface area contributed by atoms with Gasteiger partial charge >= 0.3 is 0 Å². The molecule has 0 saturated heterocycles. The minimum absolute atomic E-state index is 0.516. The molecule has 0 saturated carbocycles. The molecule has 3 rings (SSSR count). The van der Waals surface area contributed by atoms with E-state index < -0.39 is 4.08 Å². The molecule has 1 nitrogen and oxygen atoms in total. The molecule has 0 amide bonds. The Morgan fingerprint density at radius 2 is 1.50 bits per heavy atom. The van der Waals surface area contributed by atoms with Crippen molar-refractivity contribution in [2.45, 2.75) is 20.8 Å². The number of hydrogen-bond donors (Lipinski definition) is 0. The molecule has 90 valence electrons. The highest BCUT2D eigenvalue weighted by Gasteiger charge is 2.40. The number of fused-ring (bicyclic) bond motifs is 1. The molecule has 0 aliphatic carbocycles. The summed E-state index contributed by atoms with van der Waals surface area (Å²) in [5.74, 6) is 0. The van der Waals surface area contributed by atoms with Gasteiger partial charge in [-0.15, -0.1) is 0 Å². The summed E-state index contributed by atoms with van der Waals surface area (Å²) in [5.41, 5.74) is 2.28. The number of carbonyl (C=O) groups excluding carboxylic acids is 1. The quantitative estimate of drug-likeness (QED) is 0.761. The smallest absolute Gasteiger partial charge is 0.151 e. The predicted octanol–water partition coefficient (Wildman–Crippen LogP) is 4.24. The van der Waals surface area contributed by atoms with Gasteiger partial charge in [0.15, 0.2) is 10.4 Å². The summed E-state index contributed by atoms with van der Waals surface area (Å²) < 4.78 is -0.516. The molecule has 2 aromatic rings. The van der Waals surface area contributed by atoms with Crippen molar-refractivity contribution in [3.63, 3.8) is 0 Å². The van der Waals surface area contributed by atoms with Crippen molar-refractivity contribution in [3.8, 4) is 0 Å². The third kappa shape index (κ3) is 1.88. The van der Waals surface area contributed by atoms with Gasteiger partial charge in [-0.1, -0.05) is 65.5 Å². The highest BCUT2D eigenvalue weighted by molar-refractivity contribution is 8.21. The van der Waals surface area contributed by atoms with Gasteiger partial charge in [-0.3, -0.25) is 0 Å². The van der Waals surface area contributed by atoms with Gasteiger partial charge in [0.05, 0.1) is 0 Å². The van der Waals surface area contributed by atoms with Crippen molar-refractivity contribution in [3.05, 3.63) is 59.7 Å². The summed E-state index contributed by atoms with van der Waals surface area (Å²) in [6.07, 6.45) is 1.06. The molecule has 2 aromatic carbocycles. The van der Waals surface area contributed by atoms with Crippen LogP contribution in [0.5, 0.6) is 0 Å². The van der Waals surface area contributed by atoms with E-state index in [1.807, 2.05) is 12.1 Å². The second kappa shape index (κ2) is 4.48. The molecular formula is C15H12OS2. The summed E-state index contributed by atoms with van der Waals surface area (Å²) in [7, 11) is 0. The lowest BCUT2D eigenvalue weighted by Crippen LogP contribution is -2.15. The molecule has 18 heavy (non-hydrogen) atoms. The lowest BCUT2D eigenvalue weighted by molar-refractivity contribution is -0.108. The van der Waals surface area contributed by atoms with Gasteiger partial charge in [0.25, 0.3) is 0 Å². The van der Waals surface area contributed by atoms with Crippen molar-refractivity contribution in [2.24, 2.45) is 0 Å². The summed E-state index contributed by atoms with van der Waals surface area (Å²) >= 11 is 3.27. The van der Waals surface area contributed by atoms with Crippen LogP contribution in [0.1, 0.15) is 11.1 Å². The van der Waals surface area contributed by atoms with Gasteiger partial charge in [-0.25, -0.2) is 0 Å². The fourth-order valence-corrected chi connectivity index (χ4v) is 4.83. The monoisotopic (exact) mass is 272 g/mol. The van der Waals surface area contributed by atoms with E-state index >= 15 is 0 Å². The second-order valence-electron chi connectivity index (χ2n) is 4.30. The molecule has 0 unspecified atom stereocenters. The van der Waals surface area contributed by atoms with E-state index in [0.29, 0.717) is 0 Å². The summed E-state index contributed by atoms with van der Waals surface area (Å²) in [5, 5.41) is 0. The Morgan fingerprint density at radius 1 is 0.944 bits per heavy atom. The first kappa shape index (κ1) is 11.9. The predicted molar refractivity (Wildman–Crippen MR) is 77.1 cm³/mol. The van der Waals surface area contributed by atoms with Crippen molar-refractivity contribution < 1.29 is 4.79 Å². The molecule has 0 spiro atoms. The minimum atomic E-state index is -0.516. The van der Waals surface area contributed by atoms with Crippen molar-refractivity contribution in [2.75, 3.05) is 0 Å².